The Morgan fingerprint density at radius 2 is 1.71 bits per heavy atom. The second-order valence-corrected chi connectivity index (χ2v) is 18.8. The van der Waals surface area contributed by atoms with Crippen LogP contribution in [-0.2, 0) is 27.0 Å². The third-order valence-corrected chi connectivity index (χ3v) is 14.8. The fourth-order valence-electron chi connectivity index (χ4n) is 5.14. The number of β-lactam (4-membered cyclic amide) rings is 1. The molecule has 2 heterocycles. The van der Waals surface area contributed by atoms with Crippen LogP contribution >= 0.6 is 24.0 Å². The summed E-state index contributed by atoms with van der Waals surface area (Å²) in [4.78, 5) is 27.1. The average molecular weight is 621 g/mol. The second kappa shape index (κ2) is 11.6. The number of rotatable bonds is 9. The zero-order valence-electron chi connectivity index (χ0n) is 24.7. The van der Waals surface area contributed by atoms with Crippen LogP contribution in [0.4, 0.5) is 5.69 Å². The summed E-state index contributed by atoms with van der Waals surface area (Å²) in [6.07, 6.45) is 0.402. The predicted molar refractivity (Wildman–Crippen MR) is 175 cm³/mol. The minimum absolute atomic E-state index is 0.00325. The summed E-state index contributed by atoms with van der Waals surface area (Å²) >= 11 is 7.46. The van der Waals surface area contributed by atoms with E-state index >= 15 is 0 Å². The molecule has 3 aromatic rings. The Morgan fingerprint density at radius 3 is 2.36 bits per heavy atom. The molecule has 2 aliphatic heterocycles. The Bertz CT molecular complexity index is 1580. The van der Waals surface area contributed by atoms with Gasteiger partial charge in [0.1, 0.15) is 17.7 Å². The number of hydrogen-bond donors (Lipinski definition) is 0. The average Bonchev–Trinajstić information content (AvgIpc) is 3.24. The number of nitrogens with zero attached hydrogens (tertiary/aromatic N) is 2. The van der Waals surface area contributed by atoms with Crippen LogP contribution < -0.4 is 0 Å². The van der Waals surface area contributed by atoms with E-state index in [2.05, 4.69) is 64.2 Å². The summed E-state index contributed by atoms with van der Waals surface area (Å²) < 4.78 is 12.7. The summed E-state index contributed by atoms with van der Waals surface area (Å²) in [5, 5.41) is 13.5. The topological polar surface area (TPSA) is 81.9 Å². The SMILES string of the molecule is C[C@H](O[Si](C)(C)C(C)(C)C)[C@@H]1C(=O)N2C(C(=S)OCc3ccc([N+](=O)[O-])cc3)=C(Cc3ccc4ccccc4c3)S[C@H]12. The maximum Gasteiger partial charge on any atom is 0.269 e. The lowest BCUT2D eigenvalue weighted by Gasteiger charge is -2.48. The molecule has 42 heavy (non-hydrogen) atoms. The van der Waals surface area contributed by atoms with Gasteiger partial charge in [-0.25, -0.2) is 0 Å². The van der Waals surface area contributed by atoms with Gasteiger partial charge in [0.05, 0.1) is 16.9 Å². The number of nitro groups is 1. The molecular formula is C32H36N2O5S2Si. The van der Waals surface area contributed by atoms with Crippen molar-refractivity contribution in [2.75, 3.05) is 0 Å². The van der Waals surface area contributed by atoms with Gasteiger partial charge >= 0.3 is 0 Å². The molecule has 5 rings (SSSR count). The summed E-state index contributed by atoms with van der Waals surface area (Å²) in [6, 6.07) is 20.9. The number of carbonyl (C=O) groups is 1. The second-order valence-electron chi connectivity index (χ2n) is 12.5. The van der Waals surface area contributed by atoms with Gasteiger partial charge in [-0.1, -0.05) is 63.2 Å². The quantitative estimate of drug-likeness (QED) is 0.0788. The van der Waals surface area contributed by atoms with Gasteiger partial charge in [-0.15, -0.1) is 11.8 Å². The number of fused-ring (bicyclic) bond motifs is 2. The molecule has 1 amide bonds. The molecule has 3 atom stereocenters. The number of allylic oxidation sites excluding steroid dienone is 1. The number of ether oxygens (including phenoxy) is 1. The van der Waals surface area contributed by atoms with E-state index in [0.717, 1.165) is 21.4 Å². The molecule has 0 aromatic heterocycles. The number of thiocarbonyl (C=S) groups is 1. The van der Waals surface area contributed by atoms with Crippen molar-refractivity contribution in [2.45, 2.75) is 70.3 Å². The highest BCUT2D eigenvalue weighted by molar-refractivity contribution is 8.04. The molecule has 2 aliphatic rings. The first-order valence-corrected chi connectivity index (χ1v) is 18.3. The first-order chi connectivity index (χ1) is 19.8. The van der Waals surface area contributed by atoms with Gasteiger partial charge in [0.15, 0.2) is 8.32 Å². The van der Waals surface area contributed by atoms with E-state index < -0.39 is 13.2 Å². The van der Waals surface area contributed by atoms with E-state index in [1.807, 2.05) is 19.1 Å². The number of amides is 1. The molecule has 0 aliphatic carbocycles. The Kier molecular flexibility index (Phi) is 8.37. The molecule has 0 N–H and O–H groups in total. The minimum Gasteiger partial charge on any atom is -0.477 e. The zero-order valence-corrected chi connectivity index (χ0v) is 27.4. The van der Waals surface area contributed by atoms with Gasteiger partial charge in [-0.05, 0) is 71.3 Å². The zero-order chi connectivity index (χ0) is 30.4. The molecular weight excluding hydrogens is 585 g/mol. The van der Waals surface area contributed by atoms with Crippen molar-refractivity contribution in [1.82, 2.24) is 4.90 Å². The molecule has 0 radical (unpaired) electrons. The highest BCUT2D eigenvalue weighted by atomic mass is 32.2. The lowest BCUT2D eigenvalue weighted by atomic mass is 9.92. The molecule has 220 valence electrons. The van der Waals surface area contributed by atoms with Gasteiger partial charge in [0.25, 0.3) is 5.69 Å². The molecule has 0 spiro atoms. The van der Waals surface area contributed by atoms with Crippen molar-refractivity contribution in [3.8, 4) is 0 Å². The summed E-state index contributed by atoms with van der Waals surface area (Å²) in [5.41, 5.74) is 2.55. The normalized spacial score (nSPS) is 19.5. The molecule has 3 aromatic carbocycles. The van der Waals surface area contributed by atoms with E-state index in [0.29, 0.717) is 12.1 Å². The molecule has 0 saturated carbocycles. The van der Waals surface area contributed by atoms with Crippen molar-refractivity contribution in [1.29, 1.82) is 0 Å². The van der Waals surface area contributed by atoms with Crippen molar-refractivity contribution in [2.24, 2.45) is 5.92 Å². The number of thioether (sulfide) groups is 1. The first kappa shape index (κ1) is 30.4. The fourth-order valence-corrected chi connectivity index (χ4v) is 8.55. The molecule has 10 heteroatoms. The lowest BCUT2D eigenvalue weighted by molar-refractivity contribution is -0.384. The van der Waals surface area contributed by atoms with Gasteiger partial charge < -0.3 is 9.16 Å². The number of benzene rings is 3. The molecule has 0 unspecified atom stereocenters. The Hall–Kier alpha value is -3.05. The Morgan fingerprint density at radius 1 is 1.07 bits per heavy atom. The first-order valence-electron chi connectivity index (χ1n) is 14.1. The fraction of sp³-hybridized carbons (Fsp3) is 0.375. The van der Waals surface area contributed by atoms with Crippen LogP contribution in [0, 0.1) is 16.0 Å². The summed E-state index contributed by atoms with van der Waals surface area (Å²) in [7, 11) is -2.08. The lowest BCUT2D eigenvalue weighted by Crippen LogP contribution is -2.62. The van der Waals surface area contributed by atoms with E-state index in [9.17, 15) is 14.9 Å². The largest absolute Gasteiger partial charge is 0.477 e. The van der Waals surface area contributed by atoms with E-state index in [1.54, 1.807) is 28.8 Å². The van der Waals surface area contributed by atoms with Crippen LogP contribution in [0.3, 0.4) is 0 Å². The standard InChI is InChI=1S/C32H36N2O5S2Si/c1-20(39-42(5,6)32(2,3)4)27-29(35)33-28(31(40)38-19-21-12-15-25(16-13-21)34(36)37)26(41-30(27)33)18-22-11-14-23-9-7-8-10-24(23)17-22/h7-17,20,27,30H,18-19H2,1-6H3/t20-,27+,30+/m0/s1. The van der Waals surface area contributed by atoms with Crippen molar-refractivity contribution >= 4 is 59.7 Å². The minimum atomic E-state index is -2.08. The van der Waals surface area contributed by atoms with Crippen molar-refractivity contribution < 1.29 is 18.9 Å². The van der Waals surface area contributed by atoms with Gasteiger partial charge in [0, 0.05) is 23.5 Å². The number of carbonyl (C=O) groups excluding carboxylic acids is 1. The smallest absolute Gasteiger partial charge is 0.269 e. The number of hydrogen-bond acceptors (Lipinski definition) is 7. The van der Waals surface area contributed by atoms with Crippen molar-refractivity contribution in [3.63, 3.8) is 0 Å². The number of nitro benzene ring substituents is 1. The van der Waals surface area contributed by atoms with Crippen LogP contribution in [0.1, 0.15) is 38.8 Å². The van der Waals surface area contributed by atoms with Crippen LogP contribution in [0.5, 0.6) is 0 Å². The Labute approximate surface area is 257 Å². The monoisotopic (exact) mass is 620 g/mol. The predicted octanol–water partition coefficient (Wildman–Crippen LogP) is 7.99. The highest BCUT2D eigenvalue weighted by Gasteiger charge is 2.58. The maximum atomic E-state index is 13.7. The molecule has 1 fully saturated rings. The van der Waals surface area contributed by atoms with Gasteiger partial charge in [-0.2, -0.15) is 0 Å². The summed E-state index contributed by atoms with van der Waals surface area (Å²) in [6.45, 7) is 13.2. The number of non-ortho nitro benzene ring substituents is 1. The van der Waals surface area contributed by atoms with Crippen LogP contribution in [-0.4, -0.2) is 40.6 Å². The van der Waals surface area contributed by atoms with Crippen LogP contribution in [0.25, 0.3) is 10.8 Å². The van der Waals surface area contributed by atoms with Crippen LogP contribution in [0.15, 0.2) is 77.3 Å². The van der Waals surface area contributed by atoms with E-state index in [4.69, 9.17) is 21.4 Å². The van der Waals surface area contributed by atoms with Gasteiger partial charge in [0.2, 0.25) is 11.0 Å². The third kappa shape index (κ3) is 5.90. The molecule has 0 bridgehead atoms. The molecule has 1 saturated heterocycles. The maximum absolute atomic E-state index is 13.7. The highest BCUT2D eigenvalue weighted by Crippen LogP contribution is 2.53. The van der Waals surface area contributed by atoms with E-state index in [-0.39, 0.29) is 45.7 Å². The Balaban J connectivity index is 1.39. The van der Waals surface area contributed by atoms with Crippen LogP contribution in [0.2, 0.25) is 18.1 Å². The van der Waals surface area contributed by atoms with Crippen molar-refractivity contribution in [3.05, 3.63) is 98.6 Å². The molecule has 7 nitrogen and oxygen atoms in total. The van der Waals surface area contributed by atoms with E-state index in [1.165, 1.54) is 17.5 Å². The summed E-state index contributed by atoms with van der Waals surface area (Å²) in [5.74, 6) is -0.269. The van der Waals surface area contributed by atoms with Gasteiger partial charge in [-0.3, -0.25) is 19.8 Å². The third-order valence-electron chi connectivity index (χ3n) is 8.53.